The summed E-state index contributed by atoms with van der Waals surface area (Å²) in [5, 5.41) is 19.6. The summed E-state index contributed by atoms with van der Waals surface area (Å²) >= 11 is 6.38. The van der Waals surface area contributed by atoms with Crippen LogP contribution in [0.25, 0.3) is 17.0 Å². The van der Waals surface area contributed by atoms with Gasteiger partial charge in [-0.1, -0.05) is 35.9 Å². The van der Waals surface area contributed by atoms with Gasteiger partial charge in [0.25, 0.3) is 5.91 Å². The molecule has 18 nitrogen and oxygen atoms in total. The van der Waals surface area contributed by atoms with Gasteiger partial charge in [0, 0.05) is 88.2 Å². The smallest absolute Gasteiger partial charge is 0.255 e. The average Bonchev–Trinajstić information content (AvgIpc) is 3.66. The van der Waals surface area contributed by atoms with Crippen LogP contribution in [0.3, 0.4) is 0 Å². The maximum Gasteiger partial charge on any atom is 0.255 e. The zero-order valence-electron chi connectivity index (χ0n) is 40.9. The predicted molar refractivity (Wildman–Crippen MR) is 276 cm³/mol. The van der Waals surface area contributed by atoms with E-state index in [2.05, 4.69) is 41.7 Å². The number of anilines is 3. The molecule has 1 aromatic heterocycles. The lowest BCUT2D eigenvalue weighted by molar-refractivity contribution is -0.137. The van der Waals surface area contributed by atoms with Crippen LogP contribution < -0.4 is 26.6 Å². The van der Waals surface area contributed by atoms with Gasteiger partial charge in [-0.25, -0.2) is 24.3 Å². The fourth-order valence-electron chi connectivity index (χ4n) is 9.53. The Bertz CT molecular complexity index is 2990. The van der Waals surface area contributed by atoms with Gasteiger partial charge in [-0.2, -0.15) is 5.11 Å². The molecule has 75 heavy (non-hydrogen) atoms. The maximum atomic E-state index is 15.0. The number of amides is 4. The first kappa shape index (κ1) is 52.5. The first-order valence-electron chi connectivity index (χ1n) is 24.9. The van der Waals surface area contributed by atoms with E-state index in [1.807, 2.05) is 24.3 Å². The van der Waals surface area contributed by atoms with Crippen molar-refractivity contribution in [1.29, 1.82) is 5.53 Å². The molecule has 1 unspecified atom stereocenters. The number of carbonyl (C=O) groups excluding carboxylic acids is 4. The van der Waals surface area contributed by atoms with Gasteiger partial charge >= 0.3 is 0 Å². The zero-order chi connectivity index (χ0) is 52.3. The first-order chi connectivity index (χ1) is 36.5. The molecule has 21 heteroatoms. The molecule has 5 aromatic rings. The van der Waals surface area contributed by atoms with E-state index in [1.165, 1.54) is 23.1 Å². The van der Waals surface area contributed by atoms with Gasteiger partial charge in [0.15, 0.2) is 0 Å². The summed E-state index contributed by atoms with van der Waals surface area (Å²) in [5.74, 6) is -2.45. The van der Waals surface area contributed by atoms with Gasteiger partial charge in [-0.3, -0.25) is 29.5 Å². The maximum absolute atomic E-state index is 15.0. The van der Waals surface area contributed by atoms with E-state index in [0.717, 1.165) is 37.8 Å². The number of fused-ring (bicyclic) bond motifs is 4. The monoisotopic (exact) mass is 1040 g/mol. The van der Waals surface area contributed by atoms with Crippen LogP contribution in [0.4, 0.5) is 26.1 Å². The standard InChI is InChI=1S/C54H56ClF2N11O7/c55-35-6-14-41-42(27-35)51(49-43(56)2-1-3-44(49)57)61-28-34-29-62-54(66-50(34)41)64-38-7-4-32(5-8-38)45(67-58)30-60-37-11-9-36(10-12-37)59-19-21-74-23-25-75-24-22-73-20-18-48(70)63-39-13-15-40-33(26-39)31-68(53(40)72)46-16-17-47(69)65-52(46)71/h1-8,13-15,26-27,29-30,36-37,46,58-60H,9-12,16-25,28,31H2,(H,63,70)(H,62,64,66)(H,65,69,71)/b45-30-,67-58?/t36-,37+,46?. The van der Waals surface area contributed by atoms with Crippen LogP contribution >= 0.6 is 11.6 Å². The number of benzene rings is 4. The largest absolute Gasteiger partial charge is 0.386 e. The van der Waals surface area contributed by atoms with Crippen molar-refractivity contribution in [3.63, 3.8) is 0 Å². The lowest BCUT2D eigenvalue weighted by Gasteiger charge is -2.29. The Morgan fingerprint density at radius 3 is 2.28 bits per heavy atom. The number of carbonyl (C=O) groups is 4. The SMILES string of the molecule is N=N/C(=C\N[C@H]1CC[C@@H](NCCOCCOCCOCCC(=O)Nc2ccc3c(c2)CN(C2CCC(=O)NC2=O)C3=O)CC1)c1ccc(Nc2ncc3c(n2)-c2ccc(Cl)cc2C(c2c(F)cccc2F)=NC3)cc1. The van der Waals surface area contributed by atoms with E-state index < -0.39 is 23.6 Å². The number of aliphatic imine (C=N–C) groups is 1. The van der Waals surface area contributed by atoms with Gasteiger partial charge in [0.05, 0.1) is 69.6 Å². The number of piperidine rings is 1. The predicted octanol–water partition coefficient (Wildman–Crippen LogP) is 7.83. The number of ether oxygens (including phenoxy) is 3. The third-order valence-electron chi connectivity index (χ3n) is 13.4. The highest BCUT2D eigenvalue weighted by Crippen LogP contribution is 2.35. The summed E-state index contributed by atoms with van der Waals surface area (Å²) < 4.78 is 46.9. The summed E-state index contributed by atoms with van der Waals surface area (Å²) in [6.07, 6.45) is 7.96. The Balaban J connectivity index is 0.622. The van der Waals surface area contributed by atoms with Crippen molar-refractivity contribution in [2.45, 2.75) is 76.2 Å². The minimum atomic E-state index is -0.728. The molecule has 0 bridgehead atoms. The van der Waals surface area contributed by atoms with Crippen LogP contribution in [0.1, 0.15) is 83.1 Å². The lowest BCUT2D eigenvalue weighted by atomic mass is 9.91. The Morgan fingerprint density at radius 1 is 0.827 bits per heavy atom. The molecule has 1 saturated heterocycles. The highest BCUT2D eigenvalue weighted by molar-refractivity contribution is 6.31. The van der Waals surface area contributed by atoms with Crippen molar-refractivity contribution in [2.24, 2.45) is 10.1 Å². The summed E-state index contributed by atoms with van der Waals surface area (Å²) in [6, 6.07) is 21.2. The second-order valence-corrected chi connectivity index (χ2v) is 18.9. The summed E-state index contributed by atoms with van der Waals surface area (Å²) in [6.45, 7) is 3.40. The topological polar surface area (TPSA) is 234 Å². The average molecular weight is 1040 g/mol. The lowest BCUT2D eigenvalue weighted by Crippen LogP contribution is -2.52. The Morgan fingerprint density at radius 2 is 1.53 bits per heavy atom. The molecule has 0 radical (unpaired) electrons. The first-order valence-corrected chi connectivity index (χ1v) is 25.3. The van der Waals surface area contributed by atoms with Gasteiger partial charge in [0.2, 0.25) is 23.7 Å². The highest BCUT2D eigenvalue weighted by Gasteiger charge is 2.39. The van der Waals surface area contributed by atoms with Crippen LogP contribution in [0.15, 0.2) is 101 Å². The van der Waals surface area contributed by atoms with Gasteiger partial charge in [-0.15, -0.1) is 0 Å². The molecule has 3 aliphatic heterocycles. The normalized spacial score (nSPS) is 18.3. The zero-order valence-corrected chi connectivity index (χ0v) is 41.7. The van der Waals surface area contributed by atoms with Crippen molar-refractivity contribution in [3.8, 4) is 11.3 Å². The van der Waals surface area contributed by atoms with E-state index in [1.54, 1.807) is 48.8 Å². The van der Waals surface area contributed by atoms with Gasteiger partial charge in [0.1, 0.15) is 23.4 Å². The third-order valence-corrected chi connectivity index (χ3v) is 13.6. The van der Waals surface area contributed by atoms with Gasteiger partial charge in [-0.05, 0) is 92.3 Å². The minimum absolute atomic E-state index is 0.105. The number of hydrogen-bond acceptors (Lipinski definition) is 15. The molecule has 0 spiro atoms. The van der Waals surface area contributed by atoms with Crippen molar-refractivity contribution < 1.29 is 42.2 Å². The fraction of sp³-hybridized carbons (Fsp3) is 0.352. The number of aromatic nitrogens is 2. The molecule has 4 heterocycles. The van der Waals surface area contributed by atoms with Gasteiger partial charge < -0.3 is 40.4 Å². The highest BCUT2D eigenvalue weighted by atomic mass is 35.5. The molecule has 4 aliphatic rings. The van der Waals surface area contributed by atoms with Crippen molar-refractivity contribution in [3.05, 3.63) is 141 Å². The fourth-order valence-corrected chi connectivity index (χ4v) is 9.71. The van der Waals surface area contributed by atoms with Crippen LogP contribution in [0.2, 0.25) is 5.02 Å². The molecule has 1 atom stereocenters. The summed E-state index contributed by atoms with van der Waals surface area (Å²) in [7, 11) is 0. The molecule has 6 N–H and O–H groups in total. The van der Waals surface area contributed by atoms with Crippen LogP contribution in [-0.2, 0) is 41.7 Å². The van der Waals surface area contributed by atoms with Crippen molar-refractivity contribution in [1.82, 2.24) is 30.8 Å². The van der Waals surface area contributed by atoms with Crippen LogP contribution in [0.5, 0.6) is 0 Å². The minimum Gasteiger partial charge on any atom is -0.386 e. The molecular weight excluding hydrogens is 988 g/mol. The molecule has 4 amide bonds. The van der Waals surface area contributed by atoms with Crippen molar-refractivity contribution in [2.75, 3.05) is 56.8 Å². The van der Waals surface area contributed by atoms with E-state index >= 15 is 0 Å². The Labute approximate surface area is 436 Å². The molecule has 390 valence electrons. The van der Waals surface area contributed by atoms with Crippen molar-refractivity contribution >= 4 is 64.0 Å². The molecule has 4 aromatic carbocycles. The number of nitrogens with one attached hydrogen (secondary N) is 6. The number of nitrogens with zero attached hydrogens (tertiary/aromatic N) is 5. The van der Waals surface area contributed by atoms with Crippen LogP contribution in [0, 0.1) is 17.2 Å². The second-order valence-electron chi connectivity index (χ2n) is 18.4. The molecule has 1 saturated carbocycles. The quantitative estimate of drug-likeness (QED) is 0.0221. The summed E-state index contributed by atoms with van der Waals surface area (Å²) in [5.41, 5.74) is 13.8. The van der Waals surface area contributed by atoms with E-state index in [0.29, 0.717) is 101 Å². The van der Waals surface area contributed by atoms with Crippen LogP contribution in [-0.4, -0.2) is 109 Å². The molecule has 9 rings (SSSR count). The molecule has 1 aliphatic carbocycles. The number of halogens is 3. The van der Waals surface area contributed by atoms with E-state index in [9.17, 15) is 28.0 Å². The molecular formula is C54H56ClF2N11O7. The Kier molecular flexibility index (Phi) is 17.3. The summed E-state index contributed by atoms with van der Waals surface area (Å²) in [4.78, 5) is 64.7. The van der Waals surface area contributed by atoms with E-state index in [-0.39, 0.29) is 74.0 Å². The number of hydrogen-bond donors (Lipinski definition) is 6. The molecule has 2 fully saturated rings. The number of imide groups is 1. The third kappa shape index (κ3) is 13.1. The van der Waals surface area contributed by atoms with E-state index in [4.69, 9.17) is 36.3 Å². The number of rotatable bonds is 22. The Hall–Kier alpha value is -7.36. The second kappa shape index (κ2) is 24.8.